The lowest BCUT2D eigenvalue weighted by atomic mass is 10.1. The first kappa shape index (κ1) is 8.48. The summed E-state index contributed by atoms with van der Waals surface area (Å²) in [5.41, 5.74) is 2.09. The molecule has 2 aromatic heterocycles. The van der Waals surface area contributed by atoms with Gasteiger partial charge in [-0.3, -0.25) is 4.98 Å². The van der Waals surface area contributed by atoms with Crippen molar-refractivity contribution in [3.8, 4) is 0 Å². The summed E-state index contributed by atoms with van der Waals surface area (Å²) in [6.07, 6.45) is 4.56. The Morgan fingerprint density at radius 1 is 1.07 bits per heavy atom. The third-order valence-electron chi connectivity index (χ3n) is 2.79. The number of furan rings is 1. The van der Waals surface area contributed by atoms with E-state index in [1.807, 2.05) is 24.4 Å². The molecule has 0 atom stereocenters. The van der Waals surface area contributed by atoms with Crippen molar-refractivity contribution in [3.05, 3.63) is 42.4 Å². The number of nitrogens with zero attached hydrogens (tertiary/aromatic N) is 1. The summed E-state index contributed by atoms with van der Waals surface area (Å²) in [6.45, 7) is 2.13. The van der Waals surface area contributed by atoms with E-state index >= 15 is 0 Å². The van der Waals surface area contributed by atoms with E-state index in [0.717, 1.165) is 17.7 Å². The number of aryl methyl sites for hydroxylation is 1. The van der Waals surface area contributed by atoms with E-state index in [0.29, 0.717) is 0 Å². The largest absolute Gasteiger partial charge is 0.464 e. The number of fused-ring (bicyclic) bond motifs is 3. The highest BCUT2D eigenvalue weighted by atomic mass is 16.3. The van der Waals surface area contributed by atoms with Crippen LogP contribution < -0.4 is 0 Å². The molecule has 3 aromatic rings. The molecule has 0 radical (unpaired) electrons. The predicted octanol–water partition coefficient (Wildman–Crippen LogP) is 3.54. The van der Waals surface area contributed by atoms with E-state index in [-0.39, 0.29) is 0 Å². The summed E-state index contributed by atoms with van der Waals surface area (Å²) in [7, 11) is 0. The lowest BCUT2D eigenvalue weighted by molar-refractivity contribution is 0.616. The van der Waals surface area contributed by atoms with Crippen molar-refractivity contribution in [3.63, 3.8) is 0 Å². The number of benzene rings is 1. The summed E-state index contributed by atoms with van der Waals surface area (Å²) >= 11 is 0. The van der Waals surface area contributed by atoms with Gasteiger partial charge in [-0.15, -0.1) is 0 Å². The van der Waals surface area contributed by atoms with Gasteiger partial charge in [0.2, 0.25) is 0 Å². The van der Waals surface area contributed by atoms with Crippen molar-refractivity contribution in [1.82, 2.24) is 4.98 Å². The smallest absolute Gasteiger partial charge is 0.134 e. The lowest BCUT2D eigenvalue weighted by Crippen LogP contribution is -1.88. The molecule has 3 rings (SSSR count). The van der Waals surface area contributed by atoms with E-state index in [9.17, 15) is 0 Å². The molecule has 0 N–H and O–H groups in total. The van der Waals surface area contributed by atoms with Crippen LogP contribution in [0.5, 0.6) is 0 Å². The Labute approximate surface area is 87.5 Å². The maximum Gasteiger partial charge on any atom is 0.134 e. The van der Waals surface area contributed by atoms with Crippen LogP contribution in [0.15, 0.2) is 41.1 Å². The maximum absolute atomic E-state index is 5.38. The van der Waals surface area contributed by atoms with E-state index in [2.05, 4.69) is 18.0 Å². The minimum Gasteiger partial charge on any atom is -0.464 e. The molecule has 2 heteroatoms. The van der Waals surface area contributed by atoms with Crippen LogP contribution in [0.25, 0.3) is 21.7 Å². The first-order chi connectivity index (χ1) is 7.40. The van der Waals surface area contributed by atoms with Gasteiger partial charge in [-0.2, -0.15) is 0 Å². The van der Waals surface area contributed by atoms with Crippen LogP contribution in [-0.2, 0) is 6.42 Å². The average Bonchev–Trinajstić information content (AvgIpc) is 2.76. The van der Waals surface area contributed by atoms with Gasteiger partial charge in [-0.25, -0.2) is 0 Å². The predicted molar refractivity (Wildman–Crippen MR) is 60.9 cm³/mol. The summed E-state index contributed by atoms with van der Waals surface area (Å²) < 4.78 is 5.38. The topological polar surface area (TPSA) is 26.0 Å². The molecule has 0 saturated carbocycles. The molecule has 0 amide bonds. The Morgan fingerprint density at radius 3 is 2.87 bits per heavy atom. The van der Waals surface area contributed by atoms with Crippen LogP contribution in [0.3, 0.4) is 0 Å². The van der Waals surface area contributed by atoms with Gasteiger partial charge in [0, 0.05) is 22.7 Å². The molecule has 0 bridgehead atoms. The second-order valence-electron chi connectivity index (χ2n) is 3.60. The summed E-state index contributed by atoms with van der Waals surface area (Å²) in [5.74, 6) is 0. The Kier molecular flexibility index (Phi) is 1.75. The number of hydrogen-bond donors (Lipinski definition) is 0. The van der Waals surface area contributed by atoms with Gasteiger partial charge in [0.25, 0.3) is 0 Å². The van der Waals surface area contributed by atoms with Crippen molar-refractivity contribution in [2.45, 2.75) is 13.3 Å². The lowest BCUT2D eigenvalue weighted by Gasteiger charge is -2.03. The van der Waals surface area contributed by atoms with E-state index < -0.39 is 0 Å². The van der Waals surface area contributed by atoms with Gasteiger partial charge in [0.05, 0.1) is 6.26 Å². The molecule has 2 heterocycles. The molecule has 0 aliphatic carbocycles. The minimum atomic E-state index is 0.941. The fourth-order valence-corrected chi connectivity index (χ4v) is 2.05. The van der Waals surface area contributed by atoms with Crippen molar-refractivity contribution in [2.75, 3.05) is 0 Å². The quantitative estimate of drug-likeness (QED) is 0.596. The zero-order chi connectivity index (χ0) is 10.3. The number of rotatable bonds is 1. The Morgan fingerprint density at radius 2 is 2.00 bits per heavy atom. The normalized spacial score (nSPS) is 11.3. The van der Waals surface area contributed by atoms with Gasteiger partial charge < -0.3 is 4.42 Å². The molecule has 2 nitrogen and oxygen atoms in total. The van der Waals surface area contributed by atoms with Crippen molar-refractivity contribution in [2.24, 2.45) is 0 Å². The van der Waals surface area contributed by atoms with Gasteiger partial charge in [-0.05, 0) is 36.1 Å². The first-order valence-corrected chi connectivity index (χ1v) is 5.14. The van der Waals surface area contributed by atoms with Gasteiger partial charge in [0.1, 0.15) is 5.58 Å². The third-order valence-corrected chi connectivity index (χ3v) is 2.79. The average molecular weight is 197 g/mol. The Hall–Kier alpha value is -1.83. The minimum absolute atomic E-state index is 0.941. The molecule has 1 aromatic carbocycles. The maximum atomic E-state index is 5.38. The second-order valence-corrected chi connectivity index (χ2v) is 3.60. The van der Waals surface area contributed by atoms with Crippen LogP contribution in [0.2, 0.25) is 0 Å². The molecular formula is C13H11NO. The monoisotopic (exact) mass is 197 g/mol. The highest BCUT2D eigenvalue weighted by Gasteiger charge is 2.05. The fourth-order valence-electron chi connectivity index (χ4n) is 2.05. The number of pyridine rings is 1. The highest BCUT2D eigenvalue weighted by Crippen LogP contribution is 2.27. The van der Waals surface area contributed by atoms with Crippen molar-refractivity contribution >= 4 is 21.7 Å². The van der Waals surface area contributed by atoms with Crippen molar-refractivity contribution < 1.29 is 4.42 Å². The second kappa shape index (κ2) is 3.09. The standard InChI is InChI=1S/C13H11NO/c1-2-12-10-3-4-13-11(6-8-15-13)9(10)5-7-14-12/h3-8H,2H2,1H3. The van der Waals surface area contributed by atoms with E-state index in [1.54, 1.807) is 6.26 Å². The molecule has 0 unspecified atom stereocenters. The highest BCUT2D eigenvalue weighted by molar-refractivity contribution is 6.06. The Bertz CT molecular complexity index is 625. The molecular weight excluding hydrogens is 186 g/mol. The van der Waals surface area contributed by atoms with Crippen LogP contribution in [0.1, 0.15) is 12.6 Å². The summed E-state index contributed by atoms with van der Waals surface area (Å²) in [6, 6.07) is 8.16. The summed E-state index contributed by atoms with van der Waals surface area (Å²) in [4.78, 5) is 4.39. The zero-order valence-corrected chi connectivity index (χ0v) is 8.53. The van der Waals surface area contributed by atoms with Crippen LogP contribution >= 0.6 is 0 Å². The number of hydrogen-bond acceptors (Lipinski definition) is 2. The van der Waals surface area contributed by atoms with Crippen LogP contribution in [0, 0.1) is 0 Å². The van der Waals surface area contributed by atoms with Gasteiger partial charge in [-0.1, -0.05) is 6.92 Å². The molecule has 15 heavy (non-hydrogen) atoms. The van der Waals surface area contributed by atoms with Crippen molar-refractivity contribution in [1.29, 1.82) is 0 Å². The molecule has 74 valence electrons. The molecule has 0 aliphatic rings. The van der Waals surface area contributed by atoms with Crippen LogP contribution in [-0.4, -0.2) is 4.98 Å². The first-order valence-electron chi connectivity index (χ1n) is 5.14. The third kappa shape index (κ3) is 1.14. The number of aromatic nitrogens is 1. The molecule has 0 fully saturated rings. The Balaban J connectivity index is 2.53. The fraction of sp³-hybridized carbons (Fsp3) is 0.154. The molecule has 0 saturated heterocycles. The van der Waals surface area contributed by atoms with Gasteiger partial charge >= 0.3 is 0 Å². The molecule has 0 spiro atoms. The van der Waals surface area contributed by atoms with Gasteiger partial charge in [0.15, 0.2) is 0 Å². The SMILES string of the molecule is CCc1nccc2c1ccc1occc12. The van der Waals surface area contributed by atoms with E-state index in [4.69, 9.17) is 4.42 Å². The van der Waals surface area contributed by atoms with Crippen LogP contribution in [0.4, 0.5) is 0 Å². The molecule has 0 aliphatic heterocycles. The summed E-state index contributed by atoms with van der Waals surface area (Å²) in [5, 5.41) is 3.63. The van der Waals surface area contributed by atoms with E-state index in [1.165, 1.54) is 16.2 Å². The zero-order valence-electron chi connectivity index (χ0n) is 8.53.